The van der Waals surface area contributed by atoms with Crippen molar-refractivity contribution in [3.8, 4) is 5.75 Å². The summed E-state index contributed by atoms with van der Waals surface area (Å²) in [5.74, 6) is -2.75. The Bertz CT molecular complexity index is 531. The Labute approximate surface area is 130 Å². The van der Waals surface area contributed by atoms with E-state index in [1.165, 1.54) is 18.2 Å². The molecule has 2 unspecified atom stereocenters. The van der Waals surface area contributed by atoms with E-state index < -0.39 is 24.0 Å². The van der Waals surface area contributed by atoms with Gasteiger partial charge in [0.05, 0.1) is 16.9 Å². The number of benzene rings is 1. The smallest absolute Gasteiger partial charge is 0.391 e. The van der Waals surface area contributed by atoms with Crippen molar-refractivity contribution in [1.82, 2.24) is 0 Å². The van der Waals surface area contributed by atoms with Crippen LogP contribution in [0, 0.1) is 11.8 Å². The van der Waals surface area contributed by atoms with Crippen LogP contribution in [0.25, 0.3) is 0 Å². The number of hydrogen-bond donors (Lipinski definition) is 0. The Hall–Kier alpha value is -0.940. The van der Waals surface area contributed by atoms with Crippen LogP contribution >= 0.6 is 23.2 Å². The molecule has 0 amide bonds. The highest BCUT2D eigenvalue weighted by Gasteiger charge is 2.44. The van der Waals surface area contributed by atoms with E-state index in [0.717, 1.165) is 0 Å². The molecule has 0 N–H and O–H groups in total. The van der Waals surface area contributed by atoms with Gasteiger partial charge in [-0.1, -0.05) is 29.6 Å². The normalized spacial score (nSPS) is 22.9. The maximum absolute atomic E-state index is 12.7. The average molecular weight is 341 g/mol. The minimum Gasteiger partial charge on any atom is -0.425 e. The summed E-state index contributed by atoms with van der Waals surface area (Å²) in [5.41, 5.74) is 0. The van der Waals surface area contributed by atoms with E-state index in [-0.39, 0.29) is 23.6 Å². The minimum atomic E-state index is -4.27. The number of alkyl halides is 3. The molecule has 1 saturated carbocycles. The second-order valence-electron chi connectivity index (χ2n) is 5.10. The van der Waals surface area contributed by atoms with Gasteiger partial charge in [-0.25, -0.2) is 0 Å². The first-order valence-corrected chi connectivity index (χ1v) is 7.26. The first kappa shape index (κ1) is 16.4. The van der Waals surface area contributed by atoms with Gasteiger partial charge in [0.2, 0.25) is 0 Å². The molecule has 1 aromatic carbocycles. The van der Waals surface area contributed by atoms with Gasteiger partial charge < -0.3 is 4.74 Å². The largest absolute Gasteiger partial charge is 0.425 e. The van der Waals surface area contributed by atoms with Crippen molar-refractivity contribution in [1.29, 1.82) is 0 Å². The lowest BCUT2D eigenvalue weighted by molar-refractivity contribution is -0.187. The maximum atomic E-state index is 12.7. The molecule has 1 aromatic rings. The molecule has 116 valence electrons. The molecule has 2 nitrogen and oxygen atoms in total. The van der Waals surface area contributed by atoms with Crippen LogP contribution in [0.2, 0.25) is 10.0 Å². The SMILES string of the molecule is O=C(Oc1ccc(Cl)cc1Cl)C1CCCC(C(F)(F)F)C1. The van der Waals surface area contributed by atoms with E-state index in [9.17, 15) is 18.0 Å². The Morgan fingerprint density at radius 3 is 2.57 bits per heavy atom. The molecule has 1 fully saturated rings. The van der Waals surface area contributed by atoms with Crippen molar-refractivity contribution in [2.75, 3.05) is 0 Å². The first-order chi connectivity index (χ1) is 9.77. The topological polar surface area (TPSA) is 26.3 Å². The Morgan fingerprint density at radius 1 is 1.24 bits per heavy atom. The third-order valence-electron chi connectivity index (χ3n) is 3.57. The van der Waals surface area contributed by atoms with E-state index in [0.29, 0.717) is 17.9 Å². The number of rotatable bonds is 2. The predicted molar refractivity (Wildman–Crippen MR) is 73.6 cm³/mol. The lowest BCUT2D eigenvalue weighted by atomic mass is 9.81. The fourth-order valence-electron chi connectivity index (χ4n) is 2.45. The number of esters is 1. The summed E-state index contributed by atoms with van der Waals surface area (Å²) in [5, 5.41) is 0.536. The second kappa shape index (κ2) is 6.44. The second-order valence-corrected chi connectivity index (χ2v) is 5.94. The lowest BCUT2D eigenvalue weighted by Gasteiger charge is -2.29. The summed E-state index contributed by atoms with van der Waals surface area (Å²) in [4.78, 5) is 12.0. The van der Waals surface area contributed by atoms with Crippen molar-refractivity contribution in [2.45, 2.75) is 31.9 Å². The summed E-state index contributed by atoms with van der Waals surface area (Å²) < 4.78 is 43.3. The van der Waals surface area contributed by atoms with Crippen LogP contribution in [0.15, 0.2) is 18.2 Å². The first-order valence-electron chi connectivity index (χ1n) is 6.51. The summed E-state index contributed by atoms with van der Waals surface area (Å²) in [7, 11) is 0. The fraction of sp³-hybridized carbons (Fsp3) is 0.500. The van der Waals surface area contributed by atoms with E-state index in [1.54, 1.807) is 0 Å². The van der Waals surface area contributed by atoms with Crippen molar-refractivity contribution in [3.05, 3.63) is 28.2 Å². The molecule has 2 atom stereocenters. The van der Waals surface area contributed by atoms with Gasteiger partial charge in [0, 0.05) is 5.02 Å². The molecule has 1 aliphatic rings. The molecule has 2 rings (SSSR count). The number of halogens is 5. The molecule has 21 heavy (non-hydrogen) atoms. The molecule has 0 saturated heterocycles. The zero-order chi connectivity index (χ0) is 15.6. The van der Waals surface area contributed by atoms with Gasteiger partial charge in [-0.2, -0.15) is 13.2 Å². The standard InChI is InChI=1S/C14H13Cl2F3O2/c15-10-4-5-12(11(16)7-10)21-13(20)8-2-1-3-9(6-8)14(17,18)19/h4-5,7-9H,1-3,6H2. The van der Waals surface area contributed by atoms with Crippen molar-refractivity contribution >= 4 is 29.2 Å². The van der Waals surface area contributed by atoms with E-state index in [4.69, 9.17) is 27.9 Å². The zero-order valence-electron chi connectivity index (χ0n) is 10.9. The molecule has 1 aliphatic carbocycles. The van der Waals surface area contributed by atoms with Gasteiger partial charge in [0.25, 0.3) is 0 Å². The molecule has 0 heterocycles. The van der Waals surface area contributed by atoms with Crippen LogP contribution in [0.5, 0.6) is 5.75 Å². The third kappa shape index (κ3) is 4.27. The third-order valence-corrected chi connectivity index (χ3v) is 4.11. The Morgan fingerprint density at radius 2 is 1.95 bits per heavy atom. The van der Waals surface area contributed by atoms with Crippen molar-refractivity contribution < 1.29 is 22.7 Å². The van der Waals surface area contributed by atoms with Crippen LogP contribution in [-0.2, 0) is 4.79 Å². The predicted octanol–water partition coefficient (Wildman–Crippen LogP) is 5.27. The molecule has 0 bridgehead atoms. The van der Waals surface area contributed by atoms with Gasteiger partial charge in [0.1, 0.15) is 5.75 Å². The number of carbonyl (C=O) groups excluding carboxylic acids is 1. The molecule has 7 heteroatoms. The number of hydrogen-bond acceptors (Lipinski definition) is 2. The Balaban J connectivity index is 2.03. The average Bonchev–Trinajstić information content (AvgIpc) is 2.41. The number of ether oxygens (including phenoxy) is 1. The van der Waals surface area contributed by atoms with Gasteiger partial charge in [0.15, 0.2) is 0 Å². The fourth-order valence-corrected chi connectivity index (χ4v) is 2.90. The van der Waals surface area contributed by atoms with Crippen molar-refractivity contribution in [2.24, 2.45) is 11.8 Å². The molecule has 0 aromatic heterocycles. The summed E-state index contributed by atoms with van der Waals surface area (Å²) >= 11 is 11.6. The summed E-state index contributed by atoms with van der Waals surface area (Å²) in [6, 6.07) is 4.33. The maximum Gasteiger partial charge on any atom is 0.391 e. The Kier molecular flexibility index (Phi) is 5.04. The summed E-state index contributed by atoms with van der Waals surface area (Å²) in [6.07, 6.45) is -3.67. The van der Waals surface area contributed by atoms with Crippen LogP contribution in [0.3, 0.4) is 0 Å². The monoisotopic (exact) mass is 340 g/mol. The van der Waals surface area contributed by atoms with Crippen molar-refractivity contribution in [3.63, 3.8) is 0 Å². The zero-order valence-corrected chi connectivity index (χ0v) is 12.4. The van der Waals surface area contributed by atoms with Crippen LogP contribution in [0.1, 0.15) is 25.7 Å². The van der Waals surface area contributed by atoms with Crippen LogP contribution < -0.4 is 4.74 Å². The molecular weight excluding hydrogens is 328 g/mol. The lowest BCUT2D eigenvalue weighted by Crippen LogP contribution is -2.33. The minimum absolute atomic E-state index is 0.0645. The van der Waals surface area contributed by atoms with Gasteiger partial charge in [-0.05, 0) is 37.5 Å². The van der Waals surface area contributed by atoms with Crippen LogP contribution in [0.4, 0.5) is 13.2 Å². The quantitative estimate of drug-likeness (QED) is 0.541. The summed E-state index contributed by atoms with van der Waals surface area (Å²) in [6.45, 7) is 0. The highest BCUT2D eigenvalue weighted by molar-refractivity contribution is 6.35. The van der Waals surface area contributed by atoms with E-state index >= 15 is 0 Å². The molecular formula is C14H13Cl2F3O2. The van der Waals surface area contributed by atoms with Crippen LogP contribution in [-0.4, -0.2) is 12.1 Å². The van der Waals surface area contributed by atoms with E-state index in [1.807, 2.05) is 0 Å². The molecule has 0 radical (unpaired) electrons. The van der Waals surface area contributed by atoms with Gasteiger partial charge in [-0.15, -0.1) is 0 Å². The highest BCUT2D eigenvalue weighted by atomic mass is 35.5. The van der Waals surface area contributed by atoms with E-state index in [2.05, 4.69) is 0 Å². The highest BCUT2D eigenvalue weighted by Crippen LogP contribution is 2.40. The molecule has 0 aliphatic heterocycles. The molecule has 0 spiro atoms. The van der Waals surface area contributed by atoms with Gasteiger partial charge in [-0.3, -0.25) is 4.79 Å². The number of carbonyl (C=O) groups is 1. The van der Waals surface area contributed by atoms with Gasteiger partial charge >= 0.3 is 12.1 Å².